The first-order chi connectivity index (χ1) is 12.7. The van der Waals surface area contributed by atoms with Crippen LogP contribution >= 0.6 is 0 Å². The summed E-state index contributed by atoms with van der Waals surface area (Å²) in [7, 11) is 1.62. The van der Waals surface area contributed by atoms with Gasteiger partial charge in [0, 0.05) is 24.8 Å². The standard InChI is InChI=1S/C21H21N3O2/c1-26-18-9-7-15(8-10-18)14-24-21(25)20-19(6-3-11-23-20)17-5-2-4-16(12-17)13-22/h2-12H,13-14,22H2,1H3,(H,24,25). The van der Waals surface area contributed by atoms with Crippen molar-refractivity contribution < 1.29 is 9.53 Å². The Morgan fingerprint density at radius 3 is 2.62 bits per heavy atom. The van der Waals surface area contributed by atoms with Crippen LogP contribution in [-0.4, -0.2) is 18.0 Å². The minimum absolute atomic E-state index is 0.213. The zero-order valence-corrected chi connectivity index (χ0v) is 14.6. The van der Waals surface area contributed by atoms with Crippen LogP contribution in [0.3, 0.4) is 0 Å². The van der Waals surface area contributed by atoms with Gasteiger partial charge in [0.05, 0.1) is 7.11 Å². The molecule has 0 fully saturated rings. The molecule has 132 valence electrons. The maximum Gasteiger partial charge on any atom is 0.270 e. The number of carbonyl (C=O) groups excluding carboxylic acids is 1. The van der Waals surface area contributed by atoms with E-state index < -0.39 is 0 Å². The number of rotatable bonds is 6. The molecule has 0 atom stereocenters. The molecule has 1 aromatic heterocycles. The fraction of sp³-hybridized carbons (Fsp3) is 0.143. The second-order valence-corrected chi connectivity index (χ2v) is 5.83. The number of nitrogens with two attached hydrogens (primary N) is 1. The topological polar surface area (TPSA) is 77.2 Å². The molecule has 0 bridgehead atoms. The molecular formula is C21H21N3O2. The van der Waals surface area contributed by atoms with Gasteiger partial charge in [0.1, 0.15) is 11.4 Å². The number of ether oxygens (including phenoxy) is 1. The Hall–Kier alpha value is -3.18. The van der Waals surface area contributed by atoms with E-state index in [4.69, 9.17) is 10.5 Å². The maximum atomic E-state index is 12.7. The van der Waals surface area contributed by atoms with E-state index in [0.717, 1.165) is 28.0 Å². The summed E-state index contributed by atoms with van der Waals surface area (Å²) < 4.78 is 5.14. The van der Waals surface area contributed by atoms with Crippen LogP contribution in [0.25, 0.3) is 11.1 Å². The summed E-state index contributed by atoms with van der Waals surface area (Å²) >= 11 is 0. The highest BCUT2D eigenvalue weighted by Gasteiger charge is 2.14. The van der Waals surface area contributed by atoms with Crippen LogP contribution in [0.5, 0.6) is 5.75 Å². The summed E-state index contributed by atoms with van der Waals surface area (Å²) in [5, 5.41) is 2.92. The minimum Gasteiger partial charge on any atom is -0.497 e. The molecule has 0 aliphatic rings. The number of benzene rings is 2. The molecule has 0 unspecified atom stereocenters. The van der Waals surface area contributed by atoms with Crippen molar-refractivity contribution in [2.45, 2.75) is 13.1 Å². The highest BCUT2D eigenvalue weighted by Crippen LogP contribution is 2.23. The second-order valence-electron chi connectivity index (χ2n) is 5.83. The van der Waals surface area contributed by atoms with Gasteiger partial charge in [-0.15, -0.1) is 0 Å². The molecule has 2 aromatic carbocycles. The zero-order chi connectivity index (χ0) is 18.4. The second kappa shape index (κ2) is 8.27. The molecule has 5 heteroatoms. The van der Waals surface area contributed by atoms with Gasteiger partial charge in [0.15, 0.2) is 0 Å². The normalized spacial score (nSPS) is 10.4. The van der Waals surface area contributed by atoms with E-state index in [0.29, 0.717) is 18.8 Å². The number of hydrogen-bond donors (Lipinski definition) is 2. The van der Waals surface area contributed by atoms with Crippen molar-refractivity contribution in [3.8, 4) is 16.9 Å². The molecule has 0 aliphatic carbocycles. The molecule has 1 heterocycles. The molecule has 0 aliphatic heterocycles. The lowest BCUT2D eigenvalue weighted by atomic mass is 10.0. The van der Waals surface area contributed by atoms with E-state index in [1.54, 1.807) is 13.3 Å². The van der Waals surface area contributed by atoms with Crippen LogP contribution in [0.4, 0.5) is 0 Å². The van der Waals surface area contributed by atoms with E-state index in [-0.39, 0.29) is 5.91 Å². The van der Waals surface area contributed by atoms with Crippen LogP contribution < -0.4 is 15.8 Å². The fourth-order valence-corrected chi connectivity index (χ4v) is 2.69. The van der Waals surface area contributed by atoms with Crippen LogP contribution in [0.1, 0.15) is 21.6 Å². The number of carbonyl (C=O) groups is 1. The van der Waals surface area contributed by atoms with E-state index in [1.165, 1.54) is 0 Å². The molecule has 3 aromatic rings. The molecule has 26 heavy (non-hydrogen) atoms. The summed E-state index contributed by atoms with van der Waals surface area (Å²) in [5.74, 6) is 0.571. The molecule has 3 N–H and O–H groups in total. The zero-order valence-electron chi connectivity index (χ0n) is 14.6. The first-order valence-electron chi connectivity index (χ1n) is 8.37. The van der Waals surface area contributed by atoms with E-state index in [1.807, 2.05) is 60.7 Å². The Labute approximate surface area is 152 Å². The first kappa shape index (κ1) is 17.6. The molecule has 0 saturated heterocycles. The van der Waals surface area contributed by atoms with Gasteiger partial charge in [0.25, 0.3) is 5.91 Å². The number of nitrogens with zero attached hydrogens (tertiary/aromatic N) is 1. The lowest BCUT2D eigenvalue weighted by Gasteiger charge is -2.11. The van der Waals surface area contributed by atoms with Crippen molar-refractivity contribution in [3.63, 3.8) is 0 Å². The van der Waals surface area contributed by atoms with Crippen molar-refractivity contribution >= 4 is 5.91 Å². The Kier molecular flexibility index (Phi) is 5.61. The average Bonchev–Trinajstić information content (AvgIpc) is 2.72. The van der Waals surface area contributed by atoms with E-state index in [9.17, 15) is 4.79 Å². The minimum atomic E-state index is -0.213. The van der Waals surface area contributed by atoms with Gasteiger partial charge in [-0.2, -0.15) is 0 Å². The van der Waals surface area contributed by atoms with Crippen molar-refractivity contribution in [2.75, 3.05) is 7.11 Å². The maximum absolute atomic E-state index is 12.7. The number of pyridine rings is 1. The summed E-state index contributed by atoms with van der Waals surface area (Å²) in [6, 6.07) is 19.1. The molecule has 3 rings (SSSR count). The number of aromatic nitrogens is 1. The number of nitrogens with one attached hydrogen (secondary N) is 1. The highest BCUT2D eigenvalue weighted by atomic mass is 16.5. The van der Waals surface area contributed by atoms with Crippen molar-refractivity contribution in [1.82, 2.24) is 10.3 Å². The van der Waals surface area contributed by atoms with Gasteiger partial charge < -0.3 is 15.8 Å². The highest BCUT2D eigenvalue weighted by molar-refractivity contribution is 5.98. The number of hydrogen-bond acceptors (Lipinski definition) is 4. The third kappa shape index (κ3) is 4.07. The predicted octanol–water partition coefficient (Wildman–Crippen LogP) is 3.15. The van der Waals surface area contributed by atoms with Gasteiger partial charge in [-0.1, -0.05) is 36.4 Å². The molecular weight excluding hydrogens is 326 g/mol. The quantitative estimate of drug-likeness (QED) is 0.718. The summed E-state index contributed by atoms with van der Waals surface area (Å²) in [5.41, 5.74) is 9.83. The fourth-order valence-electron chi connectivity index (χ4n) is 2.69. The molecule has 0 spiro atoms. The molecule has 1 amide bonds. The summed E-state index contributed by atoms with van der Waals surface area (Å²) in [6.07, 6.45) is 1.62. The average molecular weight is 347 g/mol. The van der Waals surface area contributed by atoms with Gasteiger partial charge in [0.2, 0.25) is 0 Å². The first-order valence-corrected chi connectivity index (χ1v) is 8.37. The Bertz CT molecular complexity index is 892. The van der Waals surface area contributed by atoms with E-state index >= 15 is 0 Å². The van der Waals surface area contributed by atoms with E-state index in [2.05, 4.69) is 10.3 Å². The smallest absolute Gasteiger partial charge is 0.270 e. The third-order valence-corrected chi connectivity index (χ3v) is 4.11. The predicted molar refractivity (Wildman–Crippen MR) is 102 cm³/mol. The summed E-state index contributed by atoms with van der Waals surface area (Å²) in [4.78, 5) is 17.0. The van der Waals surface area contributed by atoms with Crippen molar-refractivity contribution in [1.29, 1.82) is 0 Å². The Morgan fingerprint density at radius 1 is 1.08 bits per heavy atom. The van der Waals surface area contributed by atoms with Crippen LogP contribution in [0.2, 0.25) is 0 Å². The van der Waals surface area contributed by atoms with Crippen LogP contribution in [-0.2, 0) is 13.1 Å². The number of methoxy groups -OCH3 is 1. The van der Waals surface area contributed by atoms with Crippen molar-refractivity contribution in [3.05, 3.63) is 83.7 Å². The Balaban J connectivity index is 1.79. The SMILES string of the molecule is COc1ccc(CNC(=O)c2ncccc2-c2cccc(CN)c2)cc1. The largest absolute Gasteiger partial charge is 0.497 e. The van der Waals surface area contributed by atoms with Gasteiger partial charge in [-0.25, -0.2) is 0 Å². The molecule has 0 radical (unpaired) electrons. The number of amides is 1. The summed E-state index contributed by atoms with van der Waals surface area (Å²) in [6.45, 7) is 0.870. The molecule has 5 nitrogen and oxygen atoms in total. The van der Waals surface area contributed by atoms with Crippen molar-refractivity contribution in [2.24, 2.45) is 5.73 Å². The lowest BCUT2D eigenvalue weighted by Crippen LogP contribution is -2.24. The van der Waals surface area contributed by atoms with Gasteiger partial charge in [-0.05, 0) is 41.0 Å². The van der Waals surface area contributed by atoms with Gasteiger partial charge >= 0.3 is 0 Å². The third-order valence-electron chi connectivity index (χ3n) is 4.11. The van der Waals surface area contributed by atoms with Crippen LogP contribution in [0.15, 0.2) is 66.9 Å². The Morgan fingerprint density at radius 2 is 1.88 bits per heavy atom. The van der Waals surface area contributed by atoms with Gasteiger partial charge in [-0.3, -0.25) is 9.78 Å². The monoisotopic (exact) mass is 347 g/mol. The molecule has 0 saturated carbocycles. The van der Waals surface area contributed by atoms with Crippen LogP contribution in [0, 0.1) is 0 Å². The lowest BCUT2D eigenvalue weighted by molar-refractivity contribution is 0.0946.